The lowest BCUT2D eigenvalue weighted by molar-refractivity contribution is -0.139. The van der Waals surface area contributed by atoms with Crippen molar-refractivity contribution < 1.29 is 18.4 Å². The Kier molecular flexibility index (Phi) is 9.82. The standard InChI is InChI=1S/C14H28O4Si/c1-13(2)14(15)18-11-9-7-6-8-10-12-19(5,16-3)17-4/h1,6-12H2,2-5H3. The second kappa shape index (κ2) is 10.2. The second-order valence-electron chi connectivity index (χ2n) is 4.98. The van der Waals surface area contributed by atoms with Crippen LogP contribution in [-0.2, 0) is 18.4 Å². The number of carbonyl (C=O) groups is 1. The summed E-state index contributed by atoms with van der Waals surface area (Å²) >= 11 is 0. The van der Waals surface area contributed by atoms with E-state index in [4.69, 9.17) is 13.6 Å². The van der Waals surface area contributed by atoms with Gasteiger partial charge in [0.25, 0.3) is 0 Å². The van der Waals surface area contributed by atoms with Crippen LogP contribution in [0.25, 0.3) is 0 Å². The molecular formula is C14H28O4Si. The van der Waals surface area contributed by atoms with E-state index >= 15 is 0 Å². The minimum absolute atomic E-state index is 0.290. The van der Waals surface area contributed by atoms with Crippen molar-refractivity contribution in [3.63, 3.8) is 0 Å². The summed E-state index contributed by atoms with van der Waals surface area (Å²) in [5, 5.41) is 0. The Morgan fingerprint density at radius 1 is 1.05 bits per heavy atom. The van der Waals surface area contributed by atoms with Gasteiger partial charge in [-0.2, -0.15) is 0 Å². The molecule has 4 nitrogen and oxygen atoms in total. The molecule has 0 saturated carbocycles. The molecule has 5 heteroatoms. The summed E-state index contributed by atoms with van der Waals surface area (Å²) < 4.78 is 15.9. The highest BCUT2D eigenvalue weighted by Crippen LogP contribution is 2.16. The molecule has 0 amide bonds. The largest absolute Gasteiger partial charge is 0.462 e. The lowest BCUT2D eigenvalue weighted by Crippen LogP contribution is -2.35. The minimum atomic E-state index is -1.88. The SMILES string of the molecule is C=C(C)C(=O)OCCCCCCC[Si](C)(OC)OC. The van der Waals surface area contributed by atoms with Crippen LogP contribution < -0.4 is 0 Å². The summed E-state index contributed by atoms with van der Waals surface area (Å²) in [6, 6.07) is 1.03. The van der Waals surface area contributed by atoms with E-state index < -0.39 is 8.56 Å². The molecule has 19 heavy (non-hydrogen) atoms. The van der Waals surface area contributed by atoms with Crippen molar-refractivity contribution in [2.45, 2.75) is 51.6 Å². The Morgan fingerprint density at radius 2 is 1.58 bits per heavy atom. The zero-order chi connectivity index (χ0) is 14.7. The van der Waals surface area contributed by atoms with Crippen LogP contribution in [0.5, 0.6) is 0 Å². The summed E-state index contributed by atoms with van der Waals surface area (Å²) in [4.78, 5) is 11.1. The molecule has 0 aliphatic heterocycles. The molecule has 0 aromatic heterocycles. The van der Waals surface area contributed by atoms with Gasteiger partial charge < -0.3 is 13.6 Å². The number of rotatable bonds is 11. The first-order valence-corrected chi connectivity index (χ1v) is 9.40. The van der Waals surface area contributed by atoms with Crippen LogP contribution in [-0.4, -0.2) is 35.4 Å². The molecule has 0 fully saturated rings. The van der Waals surface area contributed by atoms with Gasteiger partial charge in [-0.05, 0) is 25.9 Å². The first kappa shape index (κ1) is 18.3. The highest BCUT2D eigenvalue weighted by molar-refractivity contribution is 6.65. The molecule has 0 bridgehead atoms. The Hall–Kier alpha value is -0.653. The number of unbranched alkanes of at least 4 members (excludes halogenated alkanes) is 4. The molecule has 0 N–H and O–H groups in total. The summed E-state index contributed by atoms with van der Waals surface area (Å²) in [6.45, 7) is 7.78. The molecule has 0 aliphatic rings. The summed E-state index contributed by atoms with van der Waals surface area (Å²) in [7, 11) is 1.58. The van der Waals surface area contributed by atoms with E-state index in [-0.39, 0.29) is 5.97 Å². The summed E-state index contributed by atoms with van der Waals surface area (Å²) in [5.41, 5.74) is 0.461. The summed E-state index contributed by atoms with van der Waals surface area (Å²) in [6.07, 6.45) is 5.46. The fourth-order valence-corrected chi connectivity index (χ4v) is 3.12. The molecule has 0 atom stereocenters. The zero-order valence-electron chi connectivity index (χ0n) is 12.8. The lowest BCUT2D eigenvalue weighted by atomic mass is 10.2. The Balaban J connectivity index is 3.42. The summed E-state index contributed by atoms with van der Waals surface area (Å²) in [5.74, 6) is -0.290. The molecule has 0 aliphatic carbocycles. The van der Waals surface area contributed by atoms with Crippen LogP contribution in [0, 0.1) is 0 Å². The third-order valence-electron chi connectivity index (χ3n) is 3.22. The van der Waals surface area contributed by atoms with Gasteiger partial charge >= 0.3 is 14.5 Å². The molecule has 0 heterocycles. The van der Waals surface area contributed by atoms with Crippen molar-refractivity contribution in [1.82, 2.24) is 0 Å². The normalized spacial score (nSPS) is 11.4. The van der Waals surface area contributed by atoms with Crippen molar-refractivity contribution in [2.24, 2.45) is 0 Å². The molecule has 112 valence electrons. The maximum absolute atomic E-state index is 11.1. The van der Waals surface area contributed by atoms with Crippen LogP contribution in [0.15, 0.2) is 12.2 Å². The number of hydrogen-bond donors (Lipinski definition) is 0. The van der Waals surface area contributed by atoms with Gasteiger partial charge in [0, 0.05) is 19.8 Å². The van der Waals surface area contributed by atoms with Crippen molar-refractivity contribution in [3.8, 4) is 0 Å². The fourth-order valence-electron chi connectivity index (χ4n) is 1.65. The lowest BCUT2D eigenvalue weighted by Gasteiger charge is -2.22. The highest BCUT2D eigenvalue weighted by atomic mass is 28.4. The quantitative estimate of drug-likeness (QED) is 0.253. The number of ether oxygens (including phenoxy) is 1. The van der Waals surface area contributed by atoms with E-state index in [0.717, 1.165) is 31.7 Å². The Labute approximate surface area is 118 Å². The van der Waals surface area contributed by atoms with Crippen LogP contribution in [0.3, 0.4) is 0 Å². The molecule has 0 rings (SSSR count). The average molecular weight is 288 g/mol. The van der Waals surface area contributed by atoms with Gasteiger partial charge in [0.1, 0.15) is 0 Å². The predicted molar refractivity (Wildman–Crippen MR) is 79.3 cm³/mol. The first-order chi connectivity index (χ1) is 8.95. The maximum Gasteiger partial charge on any atom is 0.334 e. The molecular weight excluding hydrogens is 260 g/mol. The van der Waals surface area contributed by atoms with Crippen molar-refractivity contribution >= 4 is 14.5 Å². The molecule has 0 saturated heterocycles. The number of esters is 1. The van der Waals surface area contributed by atoms with Crippen LogP contribution in [0.1, 0.15) is 39.0 Å². The van der Waals surface area contributed by atoms with Gasteiger partial charge in [0.05, 0.1) is 6.61 Å². The second-order valence-corrected chi connectivity index (χ2v) is 8.56. The monoisotopic (exact) mass is 288 g/mol. The van der Waals surface area contributed by atoms with E-state index in [0.29, 0.717) is 12.2 Å². The Bertz CT molecular complexity index is 275. The highest BCUT2D eigenvalue weighted by Gasteiger charge is 2.27. The van der Waals surface area contributed by atoms with Crippen LogP contribution in [0.2, 0.25) is 12.6 Å². The van der Waals surface area contributed by atoms with Gasteiger partial charge in [-0.15, -0.1) is 0 Å². The van der Waals surface area contributed by atoms with Crippen molar-refractivity contribution in [3.05, 3.63) is 12.2 Å². The number of carbonyl (C=O) groups excluding carboxylic acids is 1. The molecule has 0 radical (unpaired) electrons. The Morgan fingerprint density at radius 3 is 2.11 bits per heavy atom. The molecule has 0 spiro atoms. The molecule has 0 aromatic carbocycles. The van der Waals surface area contributed by atoms with E-state index in [1.165, 1.54) is 6.42 Å². The average Bonchev–Trinajstić information content (AvgIpc) is 2.41. The van der Waals surface area contributed by atoms with E-state index in [9.17, 15) is 4.79 Å². The minimum Gasteiger partial charge on any atom is -0.462 e. The van der Waals surface area contributed by atoms with Gasteiger partial charge in [0.15, 0.2) is 0 Å². The van der Waals surface area contributed by atoms with Gasteiger partial charge in [-0.25, -0.2) is 4.79 Å². The fraction of sp³-hybridized carbons (Fsp3) is 0.786. The predicted octanol–water partition coefficient (Wildman–Crippen LogP) is 3.42. The van der Waals surface area contributed by atoms with E-state index in [1.807, 2.05) is 0 Å². The van der Waals surface area contributed by atoms with Crippen LogP contribution >= 0.6 is 0 Å². The van der Waals surface area contributed by atoms with Crippen molar-refractivity contribution in [2.75, 3.05) is 20.8 Å². The van der Waals surface area contributed by atoms with Gasteiger partial charge in [-0.1, -0.05) is 32.3 Å². The van der Waals surface area contributed by atoms with E-state index in [2.05, 4.69) is 13.1 Å². The van der Waals surface area contributed by atoms with Crippen molar-refractivity contribution in [1.29, 1.82) is 0 Å². The third kappa shape index (κ3) is 8.97. The third-order valence-corrected chi connectivity index (χ3v) is 6.21. The van der Waals surface area contributed by atoms with Gasteiger partial charge in [-0.3, -0.25) is 0 Å². The van der Waals surface area contributed by atoms with Gasteiger partial charge in [0.2, 0.25) is 0 Å². The maximum atomic E-state index is 11.1. The smallest absolute Gasteiger partial charge is 0.334 e. The first-order valence-electron chi connectivity index (χ1n) is 6.88. The zero-order valence-corrected chi connectivity index (χ0v) is 13.8. The van der Waals surface area contributed by atoms with E-state index in [1.54, 1.807) is 21.1 Å². The molecule has 0 unspecified atom stereocenters. The van der Waals surface area contributed by atoms with Crippen LogP contribution in [0.4, 0.5) is 0 Å². The number of hydrogen-bond acceptors (Lipinski definition) is 4. The topological polar surface area (TPSA) is 44.8 Å². The molecule has 0 aromatic rings.